The van der Waals surface area contributed by atoms with E-state index in [0.717, 1.165) is 26.2 Å². The van der Waals surface area contributed by atoms with Gasteiger partial charge in [0, 0.05) is 25.7 Å². The predicted octanol–water partition coefficient (Wildman–Crippen LogP) is 1.11. The Balaban J connectivity index is 3.83. The fraction of sp³-hybridized carbons (Fsp3) is 1.00. The van der Waals surface area contributed by atoms with Crippen LogP contribution in [0.2, 0.25) is 0 Å². The summed E-state index contributed by atoms with van der Waals surface area (Å²) in [5.74, 6) is 0.701. The van der Waals surface area contributed by atoms with E-state index in [-0.39, 0.29) is 0 Å². The zero-order valence-electron chi connectivity index (χ0n) is 11.4. The largest absolute Gasteiger partial charge is 0.313 e. The minimum absolute atomic E-state index is 0.613. The summed E-state index contributed by atoms with van der Waals surface area (Å²) in [5, 5.41) is 3.55. The summed E-state index contributed by atoms with van der Waals surface area (Å²) >= 11 is 0. The van der Waals surface area contributed by atoms with Gasteiger partial charge in [-0.05, 0) is 33.6 Å². The molecule has 0 rings (SSSR count). The molecule has 92 valence electrons. The van der Waals surface area contributed by atoms with Gasteiger partial charge in [0.15, 0.2) is 0 Å². The highest BCUT2D eigenvalue weighted by molar-refractivity contribution is 4.73. The molecule has 15 heavy (non-hydrogen) atoms. The van der Waals surface area contributed by atoms with E-state index in [0.29, 0.717) is 12.0 Å². The van der Waals surface area contributed by atoms with E-state index in [1.54, 1.807) is 0 Å². The van der Waals surface area contributed by atoms with Gasteiger partial charge in [0.1, 0.15) is 0 Å². The summed E-state index contributed by atoms with van der Waals surface area (Å²) in [6.45, 7) is 11.2. The van der Waals surface area contributed by atoms with E-state index in [4.69, 9.17) is 0 Å². The molecule has 0 aromatic rings. The van der Waals surface area contributed by atoms with E-state index >= 15 is 0 Å². The highest BCUT2D eigenvalue weighted by Crippen LogP contribution is 2.03. The van der Waals surface area contributed by atoms with Gasteiger partial charge < -0.3 is 15.1 Å². The first-order valence-corrected chi connectivity index (χ1v) is 6.04. The van der Waals surface area contributed by atoms with Gasteiger partial charge >= 0.3 is 0 Å². The van der Waals surface area contributed by atoms with Crippen LogP contribution in [0.4, 0.5) is 0 Å². The quantitative estimate of drug-likeness (QED) is 0.654. The number of nitrogens with zero attached hydrogens (tertiary/aromatic N) is 2. The van der Waals surface area contributed by atoms with Crippen molar-refractivity contribution in [3.63, 3.8) is 0 Å². The number of hydrogen-bond donors (Lipinski definition) is 1. The minimum atomic E-state index is 0.613. The monoisotopic (exact) mass is 215 g/mol. The molecule has 0 aliphatic carbocycles. The molecule has 0 saturated carbocycles. The van der Waals surface area contributed by atoms with Crippen molar-refractivity contribution in [3.05, 3.63) is 0 Å². The van der Waals surface area contributed by atoms with Crippen LogP contribution in [0.3, 0.4) is 0 Å². The smallest absolute Gasteiger partial charge is 0.0217 e. The van der Waals surface area contributed by atoms with Crippen LogP contribution in [0.1, 0.15) is 20.8 Å². The molecule has 1 N–H and O–H groups in total. The molecule has 0 heterocycles. The Hall–Kier alpha value is -0.120. The van der Waals surface area contributed by atoms with E-state index in [2.05, 4.69) is 57.0 Å². The zero-order chi connectivity index (χ0) is 11.8. The van der Waals surface area contributed by atoms with Crippen LogP contribution in [-0.2, 0) is 0 Å². The second-order valence-electron chi connectivity index (χ2n) is 4.97. The fourth-order valence-corrected chi connectivity index (χ4v) is 1.57. The van der Waals surface area contributed by atoms with Gasteiger partial charge in [-0.15, -0.1) is 0 Å². The molecule has 1 unspecified atom stereocenters. The molecule has 0 bridgehead atoms. The SMILES string of the molecule is CCNC(CN(C)CCN(C)C)C(C)C. The average Bonchev–Trinajstić information content (AvgIpc) is 2.14. The minimum Gasteiger partial charge on any atom is -0.313 e. The standard InChI is InChI=1S/C12H29N3/c1-7-13-12(11(2)3)10-15(6)9-8-14(4)5/h11-13H,7-10H2,1-6H3. The van der Waals surface area contributed by atoms with Crippen molar-refractivity contribution < 1.29 is 0 Å². The van der Waals surface area contributed by atoms with Crippen LogP contribution in [-0.4, -0.2) is 63.2 Å². The van der Waals surface area contributed by atoms with Crippen LogP contribution < -0.4 is 5.32 Å². The summed E-state index contributed by atoms with van der Waals surface area (Å²) in [6, 6.07) is 0.613. The van der Waals surface area contributed by atoms with Crippen molar-refractivity contribution in [1.29, 1.82) is 0 Å². The molecule has 0 fully saturated rings. The number of rotatable bonds is 8. The molecule has 1 atom stereocenters. The summed E-state index contributed by atoms with van der Waals surface area (Å²) < 4.78 is 0. The lowest BCUT2D eigenvalue weighted by molar-refractivity contribution is 0.234. The van der Waals surface area contributed by atoms with E-state index < -0.39 is 0 Å². The third-order valence-corrected chi connectivity index (χ3v) is 2.71. The van der Waals surface area contributed by atoms with Gasteiger partial charge in [-0.3, -0.25) is 0 Å². The lowest BCUT2D eigenvalue weighted by atomic mass is 10.0. The zero-order valence-corrected chi connectivity index (χ0v) is 11.4. The van der Waals surface area contributed by atoms with Gasteiger partial charge in [-0.1, -0.05) is 20.8 Å². The van der Waals surface area contributed by atoms with E-state index in [9.17, 15) is 0 Å². The van der Waals surface area contributed by atoms with Gasteiger partial charge in [0.2, 0.25) is 0 Å². The van der Waals surface area contributed by atoms with Gasteiger partial charge in [0.25, 0.3) is 0 Å². The Morgan fingerprint density at radius 3 is 2.07 bits per heavy atom. The molecule has 0 radical (unpaired) electrons. The lowest BCUT2D eigenvalue weighted by Crippen LogP contribution is -2.44. The van der Waals surface area contributed by atoms with Crippen molar-refractivity contribution in [2.75, 3.05) is 47.3 Å². The molecule has 0 aliphatic heterocycles. The molecular formula is C12H29N3. The van der Waals surface area contributed by atoms with Gasteiger partial charge in [-0.2, -0.15) is 0 Å². The van der Waals surface area contributed by atoms with Crippen molar-refractivity contribution in [3.8, 4) is 0 Å². The molecule has 0 aliphatic rings. The van der Waals surface area contributed by atoms with Gasteiger partial charge in [-0.25, -0.2) is 0 Å². The van der Waals surface area contributed by atoms with Crippen LogP contribution in [0.5, 0.6) is 0 Å². The van der Waals surface area contributed by atoms with Crippen molar-refractivity contribution >= 4 is 0 Å². The first-order chi connectivity index (χ1) is 6.97. The highest BCUT2D eigenvalue weighted by Gasteiger charge is 2.13. The topological polar surface area (TPSA) is 18.5 Å². The summed E-state index contributed by atoms with van der Waals surface area (Å²) in [4.78, 5) is 4.64. The second-order valence-corrected chi connectivity index (χ2v) is 4.97. The summed E-state index contributed by atoms with van der Waals surface area (Å²) in [7, 11) is 6.45. The normalized spacial score (nSPS) is 14.2. The Kier molecular flexibility index (Phi) is 8.02. The maximum Gasteiger partial charge on any atom is 0.0217 e. The van der Waals surface area contributed by atoms with Crippen LogP contribution in [0, 0.1) is 5.92 Å². The van der Waals surface area contributed by atoms with Crippen LogP contribution >= 0.6 is 0 Å². The van der Waals surface area contributed by atoms with Crippen molar-refractivity contribution in [2.45, 2.75) is 26.8 Å². The third kappa shape index (κ3) is 7.77. The maximum atomic E-state index is 3.55. The third-order valence-electron chi connectivity index (χ3n) is 2.71. The molecule has 0 aromatic carbocycles. The molecule has 0 spiro atoms. The number of likely N-dealkylation sites (N-methyl/N-ethyl adjacent to an activating group) is 3. The molecule has 0 aromatic heterocycles. The molecule has 0 amide bonds. The van der Waals surface area contributed by atoms with Crippen molar-refractivity contribution in [2.24, 2.45) is 5.92 Å². The highest BCUT2D eigenvalue weighted by atomic mass is 15.2. The Morgan fingerprint density at radius 1 is 1.07 bits per heavy atom. The maximum absolute atomic E-state index is 3.55. The van der Waals surface area contributed by atoms with E-state index in [1.807, 2.05) is 0 Å². The number of hydrogen-bond acceptors (Lipinski definition) is 3. The van der Waals surface area contributed by atoms with Crippen LogP contribution in [0.15, 0.2) is 0 Å². The average molecular weight is 215 g/mol. The fourth-order valence-electron chi connectivity index (χ4n) is 1.57. The Bertz CT molecular complexity index is 146. The summed E-state index contributed by atoms with van der Waals surface area (Å²) in [5.41, 5.74) is 0. The van der Waals surface area contributed by atoms with Crippen molar-refractivity contribution in [1.82, 2.24) is 15.1 Å². The van der Waals surface area contributed by atoms with Gasteiger partial charge in [0.05, 0.1) is 0 Å². The molecule has 3 heteroatoms. The first-order valence-electron chi connectivity index (χ1n) is 6.04. The molecular weight excluding hydrogens is 186 g/mol. The van der Waals surface area contributed by atoms with Crippen LogP contribution in [0.25, 0.3) is 0 Å². The Labute approximate surface area is 95.8 Å². The molecule has 3 nitrogen and oxygen atoms in total. The first kappa shape index (κ1) is 14.9. The predicted molar refractivity (Wildman–Crippen MR) is 68.4 cm³/mol. The summed E-state index contributed by atoms with van der Waals surface area (Å²) in [6.07, 6.45) is 0. The number of nitrogens with one attached hydrogen (secondary N) is 1. The Morgan fingerprint density at radius 2 is 1.67 bits per heavy atom. The molecule has 0 saturated heterocycles. The lowest BCUT2D eigenvalue weighted by Gasteiger charge is -2.28. The second kappa shape index (κ2) is 8.08. The van der Waals surface area contributed by atoms with E-state index in [1.165, 1.54) is 0 Å².